The summed E-state index contributed by atoms with van der Waals surface area (Å²) < 4.78 is 7.33. The molecule has 0 radical (unpaired) electrons. The number of hydrogen-bond donors (Lipinski definition) is 1. The maximum absolute atomic E-state index is 5.67. The highest BCUT2D eigenvalue weighted by atomic mass is 32.2. The van der Waals surface area contributed by atoms with E-state index in [2.05, 4.69) is 15.5 Å². The van der Waals surface area contributed by atoms with E-state index in [0.717, 1.165) is 28.6 Å². The average molecular weight is 279 g/mol. The first-order chi connectivity index (χ1) is 9.29. The first-order valence-electron chi connectivity index (χ1n) is 6.06. The molecule has 2 rings (SSSR count). The fraction of sp³-hybridized carbons (Fsp3) is 0.417. The number of tetrazole rings is 1. The minimum Gasteiger partial charge on any atom is -0.494 e. The van der Waals surface area contributed by atoms with E-state index in [4.69, 9.17) is 10.5 Å². The van der Waals surface area contributed by atoms with Crippen molar-refractivity contribution in [3.8, 4) is 5.75 Å². The van der Waals surface area contributed by atoms with Crippen LogP contribution in [-0.4, -0.2) is 32.6 Å². The van der Waals surface area contributed by atoms with E-state index in [0.29, 0.717) is 13.2 Å². The summed E-state index contributed by atoms with van der Waals surface area (Å²) in [6.07, 6.45) is 0.935. The van der Waals surface area contributed by atoms with Gasteiger partial charge in [-0.3, -0.25) is 0 Å². The predicted molar refractivity (Wildman–Crippen MR) is 74.0 cm³/mol. The summed E-state index contributed by atoms with van der Waals surface area (Å²) in [6.45, 7) is 1.21. The Hall–Kier alpha value is -1.60. The molecule has 2 aromatic rings. The van der Waals surface area contributed by atoms with Crippen molar-refractivity contribution in [2.75, 3.05) is 12.4 Å². The molecule has 1 aromatic carbocycles. The summed E-state index contributed by atoms with van der Waals surface area (Å²) in [4.78, 5) is 0. The van der Waals surface area contributed by atoms with Gasteiger partial charge in [0.25, 0.3) is 0 Å². The van der Waals surface area contributed by atoms with Gasteiger partial charge in [0, 0.05) is 19.3 Å². The van der Waals surface area contributed by atoms with Gasteiger partial charge in [-0.1, -0.05) is 23.9 Å². The third-order valence-corrected chi connectivity index (χ3v) is 3.60. The number of aromatic nitrogens is 4. The minimum atomic E-state index is 0.534. The van der Waals surface area contributed by atoms with Crippen LogP contribution < -0.4 is 10.5 Å². The summed E-state index contributed by atoms with van der Waals surface area (Å²) in [6, 6.07) is 7.86. The normalized spacial score (nSPS) is 10.6. The van der Waals surface area contributed by atoms with E-state index in [1.807, 2.05) is 31.3 Å². The third-order valence-electron chi connectivity index (χ3n) is 2.50. The van der Waals surface area contributed by atoms with Crippen molar-refractivity contribution in [2.24, 2.45) is 12.8 Å². The van der Waals surface area contributed by atoms with Crippen LogP contribution in [0.1, 0.15) is 12.0 Å². The molecule has 2 N–H and O–H groups in total. The number of rotatable bonds is 7. The maximum atomic E-state index is 5.67. The van der Waals surface area contributed by atoms with Gasteiger partial charge in [-0.25, -0.2) is 4.68 Å². The van der Waals surface area contributed by atoms with Crippen molar-refractivity contribution in [1.82, 2.24) is 20.2 Å². The molecule has 0 aliphatic heterocycles. The highest BCUT2D eigenvalue weighted by molar-refractivity contribution is 7.99. The molecule has 6 nitrogen and oxygen atoms in total. The zero-order valence-corrected chi connectivity index (χ0v) is 11.6. The lowest BCUT2D eigenvalue weighted by molar-refractivity contribution is 0.318. The molecule has 0 unspecified atom stereocenters. The molecule has 0 saturated carbocycles. The zero-order chi connectivity index (χ0) is 13.5. The topological polar surface area (TPSA) is 78.8 Å². The lowest BCUT2D eigenvalue weighted by Crippen LogP contribution is -2.01. The highest BCUT2D eigenvalue weighted by Crippen LogP contribution is 2.15. The summed E-state index contributed by atoms with van der Waals surface area (Å²) >= 11 is 1.62. The number of hydrogen-bond acceptors (Lipinski definition) is 6. The van der Waals surface area contributed by atoms with Crippen LogP contribution in [-0.2, 0) is 13.6 Å². The Morgan fingerprint density at radius 1 is 1.42 bits per heavy atom. The molecule has 19 heavy (non-hydrogen) atoms. The largest absolute Gasteiger partial charge is 0.494 e. The molecule has 7 heteroatoms. The van der Waals surface area contributed by atoms with Crippen LogP contribution in [0.3, 0.4) is 0 Å². The molecule has 0 atom stereocenters. The summed E-state index contributed by atoms with van der Waals surface area (Å²) in [5, 5.41) is 12.1. The SMILES string of the molecule is Cn1nnnc1SCCCOc1cccc(CN)c1. The van der Waals surface area contributed by atoms with Crippen molar-refractivity contribution < 1.29 is 4.74 Å². The van der Waals surface area contributed by atoms with Crippen molar-refractivity contribution >= 4 is 11.8 Å². The standard InChI is InChI=1S/C12H17N5OS/c1-17-12(14-15-16-17)19-7-3-6-18-11-5-2-4-10(8-11)9-13/h2,4-5,8H,3,6-7,9,13H2,1H3. The first-order valence-corrected chi connectivity index (χ1v) is 7.05. The van der Waals surface area contributed by atoms with Crippen LogP contribution in [0.25, 0.3) is 0 Å². The van der Waals surface area contributed by atoms with Gasteiger partial charge in [0.05, 0.1) is 6.61 Å². The van der Waals surface area contributed by atoms with Crippen LogP contribution in [0, 0.1) is 0 Å². The molecule has 0 amide bonds. The van der Waals surface area contributed by atoms with Crippen molar-refractivity contribution in [1.29, 1.82) is 0 Å². The Labute approximate surface area is 116 Å². The zero-order valence-electron chi connectivity index (χ0n) is 10.8. The summed E-state index contributed by atoms with van der Waals surface area (Å²) in [5.41, 5.74) is 6.66. The number of thioether (sulfide) groups is 1. The van der Waals surface area contributed by atoms with E-state index < -0.39 is 0 Å². The van der Waals surface area contributed by atoms with Crippen LogP contribution in [0.15, 0.2) is 29.4 Å². The molecule has 1 aromatic heterocycles. The Bertz CT molecular complexity index is 516. The minimum absolute atomic E-state index is 0.534. The molecule has 0 aliphatic carbocycles. The van der Waals surface area contributed by atoms with E-state index in [1.165, 1.54) is 0 Å². The fourth-order valence-corrected chi connectivity index (χ4v) is 2.28. The fourth-order valence-electron chi connectivity index (χ4n) is 1.52. The van der Waals surface area contributed by atoms with Gasteiger partial charge in [0.1, 0.15) is 5.75 Å². The summed E-state index contributed by atoms with van der Waals surface area (Å²) in [7, 11) is 1.83. The molecule has 0 spiro atoms. The smallest absolute Gasteiger partial charge is 0.209 e. The first kappa shape index (κ1) is 13.8. The lowest BCUT2D eigenvalue weighted by atomic mass is 10.2. The Kier molecular flexibility index (Phi) is 5.17. The molecule has 0 saturated heterocycles. The van der Waals surface area contributed by atoms with E-state index in [-0.39, 0.29) is 0 Å². The molecular formula is C12H17N5OS. The van der Waals surface area contributed by atoms with Crippen molar-refractivity contribution in [3.63, 3.8) is 0 Å². The Morgan fingerprint density at radius 2 is 2.32 bits per heavy atom. The third kappa shape index (κ3) is 4.22. The van der Waals surface area contributed by atoms with Crippen molar-refractivity contribution in [3.05, 3.63) is 29.8 Å². The molecule has 1 heterocycles. The van der Waals surface area contributed by atoms with Gasteiger partial charge in [-0.05, 0) is 34.5 Å². The molecule has 0 fully saturated rings. The molecule has 0 aliphatic rings. The number of nitrogens with two attached hydrogens (primary N) is 1. The van der Waals surface area contributed by atoms with Gasteiger partial charge >= 0.3 is 0 Å². The van der Waals surface area contributed by atoms with Crippen LogP contribution in [0.5, 0.6) is 5.75 Å². The molecule has 0 bridgehead atoms. The number of benzene rings is 1. The summed E-state index contributed by atoms with van der Waals surface area (Å²) in [5.74, 6) is 1.79. The van der Waals surface area contributed by atoms with E-state index in [9.17, 15) is 0 Å². The highest BCUT2D eigenvalue weighted by Gasteiger charge is 2.02. The quantitative estimate of drug-likeness (QED) is 0.606. The number of nitrogens with zero attached hydrogens (tertiary/aromatic N) is 4. The van der Waals surface area contributed by atoms with Gasteiger partial charge < -0.3 is 10.5 Å². The van der Waals surface area contributed by atoms with Crippen LogP contribution in [0.2, 0.25) is 0 Å². The second-order valence-electron chi connectivity index (χ2n) is 3.99. The second-order valence-corrected chi connectivity index (χ2v) is 5.05. The number of aryl methyl sites for hydroxylation is 1. The van der Waals surface area contributed by atoms with Gasteiger partial charge in [-0.2, -0.15) is 0 Å². The van der Waals surface area contributed by atoms with E-state index >= 15 is 0 Å². The van der Waals surface area contributed by atoms with Crippen molar-refractivity contribution in [2.45, 2.75) is 18.1 Å². The Morgan fingerprint density at radius 3 is 3.05 bits per heavy atom. The van der Waals surface area contributed by atoms with Gasteiger partial charge in [-0.15, -0.1) is 5.10 Å². The van der Waals surface area contributed by atoms with Gasteiger partial charge in [0.15, 0.2) is 0 Å². The van der Waals surface area contributed by atoms with E-state index in [1.54, 1.807) is 16.4 Å². The monoisotopic (exact) mass is 279 g/mol. The Balaban J connectivity index is 1.68. The maximum Gasteiger partial charge on any atom is 0.209 e. The average Bonchev–Trinajstić information content (AvgIpc) is 2.84. The second kappa shape index (κ2) is 7.10. The molecule has 102 valence electrons. The van der Waals surface area contributed by atoms with Gasteiger partial charge in [0.2, 0.25) is 5.16 Å². The predicted octanol–water partition coefficient (Wildman–Crippen LogP) is 1.23. The molecular weight excluding hydrogens is 262 g/mol. The lowest BCUT2D eigenvalue weighted by Gasteiger charge is -2.07. The number of ether oxygens (including phenoxy) is 1. The van der Waals surface area contributed by atoms with Crippen LogP contribution in [0.4, 0.5) is 0 Å². The van der Waals surface area contributed by atoms with Crippen LogP contribution >= 0.6 is 11.8 Å².